The lowest BCUT2D eigenvalue weighted by atomic mass is 10.1. The van der Waals surface area contributed by atoms with Crippen LogP contribution in [0, 0.1) is 0 Å². The van der Waals surface area contributed by atoms with E-state index in [-0.39, 0.29) is 34.9 Å². The first kappa shape index (κ1) is 21.8. The quantitative estimate of drug-likeness (QED) is 0.561. The minimum atomic E-state index is -4.13. The highest BCUT2D eigenvalue weighted by molar-refractivity contribution is 7.89. The molecule has 1 aliphatic carbocycles. The lowest BCUT2D eigenvalue weighted by Gasteiger charge is -2.20. The molecule has 3 rings (SSSR count). The molecule has 0 aromatic heterocycles. The molecule has 160 valence electrons. The second kappa shape index (κ2) is 9.27. The highest BCUT2D eigenvalue weighted by Crippen LogP contribution is 2.27. The van der Waals surface area contributed by atoms with E-state index in [1.54, 1.807) is 6.07 Å². The molecule has 1 atom stereocenters. The monoisotopic (exact) mass is 431 g/mol. The minimum absolute atomic E-state index is 0.0953. The summed E-state index contributed by atoms with van der Waals surface area (Å²) in [5.41, 5.74) is 1.14. The molecule has 1 fully saturated rings. The van der Waals surface area contributed by atoms with E-state index in [2.05, 4.69) is 15.4 Å². The molecular weight excluding hydrogens is 406 g/mol. The third kappa shape index (κ3) is 5.80. The number of hydrogen-bond donors (Lipinski definition) is 3. The molecule has 1 saturated carbocycles. The molecule has 1 aliphatic rings. The fourth-order valence-corrected chi connectivity index (χ4v) is 4.38. The Balaban J connectivity index is 1.89. The Morgan fingerprint density at radius 1 is 1.13 bits per heavy atom. The molecule has 0 spiro atoms. The molecule has 3 N–H and O–H groups in total. The van der Waals surface area contributed by atoms with Crippen molar-refractivity contribution in [2.75, 3.05) is 12.4 Å². The van der Waals surface area contributed by atoms with Gasteiger partial charge >= 0.3 is 0 Å². The van der Waals surface area contributed by atoms with Gasteiger partial charge < -0.3 is 15.4 Å². The summed E-state index contributed by atoms with van der Waals surface area (Å²) >= 11 is 0. The molecule has 0 aliphatic heterocycles. The maximum Gasteiger partial charge on any atom is 0.245 e. The summed E-state index contributed by atoms with van der Waals surface area (Å²) in [4.78, 5) is 23.9. The van der Waals surface area contributed by atoms with Crippen LogP contribution < -0.4 is 20.1 Å². The average molecular weight is 432 g/mol. The second-order valence-corrected chi connectivity index (χ2v) is 8.88. The van der Waals surface area contributed by atoms with E-state index in [9.17, 15) is 18.0 Å². The zero-order valence-corrected chi connectivity index (χ0v) is 17.7. The fourth-order valence-electron chi connectivity index (χ4n) is 2.99. The Kier molecular flexibility index (Phi) is 6.73. The Morgan fingerprint density at radius 2 is 1.83 bits per heavy atom. The number of carbonyl (C=O) groups excluding carboxylic acids is 2. The van der Waals surface area contributed by atoms with Gasteiger partial charge in [-0.2, -0.15) is 4.72 Å². The molecular formula is C21H25N3O5S. The number of anilines is 1. The Bertz CT molecular complexity index is 1020. The number of methoxy groups -OCH3 is 1. The van der Waals surface area contributed by atoms with Crippen LogP contribution in [0.3, 0.4) is 0 Å². The van der Waals surface area contributed by atoms with Crippen LogP contribution in [0.4, 0.5) is 5.69 Å². The van der Waals surface area contributed by atoms with Gasteiger partial charge in [0.2, 0.25) is 21.8 Å². The fraction of sp³-hybridized carbons (Fsp3) is 0.333. The van der Waals surface area contributed by atoms with Crippen LogP contribution in [0.5, 0.6) is 5.75 Å². The molecule has 9 heteroatoms. The predicted molar refractivity (Wildman–Crippen MR) is 113 cm³/mol. The largest absolute Gasteiger partial charge is 0.495 e. The summed E-state index contributed by atoms with van der Waals surface area (Å²) in [6.45, 7) is 1.33. The number of nitrogens with one attached hydrogen (secondary N) is 3. The van der Waals surface area contributed by atoms with Gasteiger partial charge in [-0.05, 0) is 43.0 Å². The molecule has 2 amide bonds. The maximum atomic E-state index is 13.2. The van der Waals surface area contributed by atoms with E-state index >= 15 is 0 Å². The summed E-state index contributed by atoms with van der Waals surface area (Å²) in [5, 5.41) is 5.41. The van der Waals surface area contributed by atoms with Crippen molar-refractivity contribution in [3.8, 4) is 5.75 Å². The highest BCUT2D eigenvalue weighted by atomic mass is 32.2. The van der Waals surface area contributed by atoms with Gasteiger partial charge in [-0.1, -0.05) is 30.3 Å². The number of carbonyl (C=O) groups is 2. The van der Waals surface area contributed by atoms with Crippen LogP contribution in [0.2, 0.25) is 0 Å². The van der Waals surface area contributed by atoms with Gasteiger partial charge in [-0.25, -0.2) is 8.42 Å². The SMILES string of the molecule is COc1ccc(NC(C)=O)cc1S(=O)(=O)N[C@H](Cc1ccccc1)C(=O)NC1CC1. The molecule has 2 aromatic rings. The normalized spacial score (nSPS) is 14.6. The van der Waals surface area contributed by atoms with E-state index in [0.717, 1.165) is 18.4 Å². The third-order valence-electron chi connectivity index (χ3n) is 4.59. The molecule has 0 radical (unpaired) electrons. The second-order valence-electron chi connectivity index (χ2n) is 7.19. The smallest absolute Gasteiger partial charge is 0.245 e. The van der Waals surface area contributed by atoms with Crippen molar-refractivity contribution in [3.05, 3.63) is 54.1 Å². The Hall–Kier alpha value is -2.91. The average Bonchev–Trinajstić information content (AvgIpc) is 3.51. The van der Waals surface area contributed by atoms with E-state index in [1.165, 1.54) is 26.2 Å². The standard InChI is InChI=1S/C21H25N3O5S/c1-14(25)22-17-10-11-19(29-2)20(13-17)30(27,28)24-18(21(26)23-16-8-9-16)12-15-6-4-3-5-7-15/h3-7,10-11,13,16,18,24H,8-9,12H2,1-2H3,(H,22,25)(H,23,26)/t18-/m1/s1. The first-order valence-corrected chi connectivity index (χ1v) is 11.1. The number of hydrogen-bond acceptors (Lipinski definition) is 5. The van der Waals surface area contributed by atoms with Crippen LogP contribution in [0.25, 0.3) is 0 Å². The molecule has 0 saturated heterocycles. The number of rotatable bonds is 9. The van der Waals surface area contributed by atoms with E-state index in [1.807, 2.05) is 30.3 Å². The van der Waals surface area contributed by atoms with Crippen molar-refractivity contribution < 1.29 is 22.7 Å². The van der Waals surface area contributed by atoms with Gasteiger partial charge in [-0.15, -0.1) is 0 Å². The van der Waals surface area contributed by atoms with Gasteiger partial charge in [0, 0.05) is 18.7 Å². The lowest BCUT2D eigenvalue weighted by Crippen LogP contribution is -2.48. The zero-order chi connectivity index (χ0) is 21.7. The van der Waals surface area contributed by atoms with Crippen molar-refractivity contribution >= 4 is 27.5 Å². The van der Waals surface area contributed by atoms with E-state index in [4.69, 9.17) is 4.74 Å². The van der Waals surface area contributed by atoms with Crippen LogP contribution in [-0.4, -0.2) is 39.4 Å². The summed E-state index contributed by atoms with van der Waals surface area (Å²) in [5.74, 6) is -0.596. The third-order valence-corrected chi connectivity index (χ3v) is 6.09. The lowest BCUT2D eigenvalue weighted by molar-refractivity contribution is -0.122. The number of amides is 2. The summed E-state index contributed by atoms with van der Waals surface area (Å²) < 4.78 is 34.1. The summed E-state index contributed by atoms with van der Waals surface area (Å²) in [6.07, 6.45) is 1.98. The van der Waals surface area contributed by atoms with E-state index < -0.39 is 16.1 Å². The van der Waals surface area contributed by atoms with Crippen molar-refractivity contribution in [3.63, 3.8) is 0 Å². The number of benzene rings is 2. The van der Waals surface area contributed by atoms with Gasteiger partial charge in [0.25, 0.3) is 0 Å². The van der Waals surface area contributed by atoms with Gasteiger partial charge in [0.15, 0.2) is 0 Å². The predicted octanol–water partition coefficient (Wildman–Crippen LogP) is 1.82. The molecule has 0 bridgehead atoms. The molecule has 0 heterocycles. The minimum Gasteiger partial charge on any atom is -0.495 e. The Labute approximate surface area is 176 Å². The van der Waals surface area contributed by atoms with Crippen LogP contribution in [0.15, 0.2) is 53.4 Å². The first-order chi connectivity index (χ1) is 14.3. The molecule has 30 heavy (non-hydrogen) atoms. The topological polar surface area (TPSA) is 114 Å². The van der Waals surface area contributed by atoms with Crippen molar-refractivity contribution in [2.24, 2.45) is 0 Å². The molecule has 8 nitrogen and oxygen atoms in total. The summed E-state index contributed by atoms with van der Waals surface area (Å²) in [7, 11) is -2.77. The van der Waals surface area contributed by atoms with Gasteiger partial charge in [0.1, 0.15) is 16.7 Å². The maximum absolute atomic E-state index is 13.2. The zero-order valence-electron chi connectivity index (χ0n) is 16.8. The Morgan fingerprint density at radius 3 is 2.43 bits per heavy atom. The highest BCUT2D eigenvalue weighted by Gasteiger charge is 2.32. The van der Waals surface area contributed by atoms with Crippen molar-refractivity contribution in [1.82, 2.24) is 10.0 Å². The molecule has 2 aromatic carbocycles. The molecule has 0 unspecified atom stereocenters. The first-order valence-electron chi connectivity index (χ1n) is 9.61. The number of ether oxygens (including phenoxy) is 1. The van der Waals surface area contributed by atoms with Crippen LogP contribution in [-0.2, 0) is 26.0 Å². The van der Waals surface area contributed by atoms with Crippen LogP contribution in [0.1, 0.15) is 25.3 Å². The van der Waals surface area contributed by atoms with E-state index in [0.29, 0.717) is 5.69 Å². The summed E-state index contributed by atoms with van der Waals surface area (Å²) in [6, 6.07) is 12.6. The van der Waals surface area contributed by atoms with Crippen LogP contribution >= 0.6 is 0 Å². The number of sulfonamides is 1. The van der Waals surface area contributed by atoms with Crippen molar-refractivity contribution in [2.45, 2.75) is 43.2 Å². The van der Waals surface area contributed by atoms with Crippen molar-refractivity contribution in [1.29, 1.82) is 0 Å². The van der Waals surface area contributed by atoms with Gasteiger partial charge in [0.05, 0.1) is 7.11 Å². The van der Waals surface area contributed by atoms with Gasteiger partial charge in [-0.3, -0.25) is 9.59 Å².